The minimum Gasteiger partial charge on any atom is -0.494 e. The van der Waals surface area contributed by atoms with E-state index in [0.717, 1.165) is 17.9 Å². The van der Waals surface area contributed by atoms with Gasteiger partial charge in [0.05, 0.1) is 6.61 Å². The number of halogens is 2. The van der Waals surface area contributed by atoms with Crippen molar-refractivity contribution in [3.63, 3.8) is 0 Å². The molecule has 0 saturated heterocycles. The van der Waals surface area contributed by atoms with Gasteiger partial charge in [0, 0.05) is 11.4 Å². The number of aryl methyl sites for hydroxylation is 1. The molecule has 3 aromatic rings. The number of carbonyl (C=O) groups is 1. The summed E-state index contributed by atoms with van der Waals surface area (Å²) in [6.45, 7) is 4.15. The van der Waals surface area contributed by atoms with E-state index >= 15 is 0 Å². The summed E-state index contributed by atoms with van der Waals surface area (Å²) in [5.41, 5.74) is 0.663. The van der Waals surface area contributed by atoms with Crippen molar-refractivity contribution in [2.45, 2.75) is 13.8 Å². The second kappa shape index (κ2) is 8.43. The number of nitrogens with zero attached hydrogens (tertiary/aromatic N) is 2. The maximum Gasteiger partial charge on any atom is 0.274 e. The van der Waals surface area contributed by atoms with E-state index in [1.165, 1.54) is 12.1 Å². The normalized spacial score (nSPS) is 10.4. The summed E-state index contributed by atoms with van der Waals surface area (Å²) in [5, 5.41) is 5.20. The summed E-state index contributed by atoms with van der Waals surface area (Å²) in [6, 6.07) is 11.9. The Hall–Kier alpha value is -3.55. The summed E-state index contributed by atoms with van der Waals surface area (Å²) >= 11 is 0. The Bertz CT molecular complexity index is 974. The van der Waals surface area contributed by atoms with Crippen molar-refractivity contribution in [1.82, 2.24) is 9.97 Å². The van der Waals surface area contributed by atoms with Gasteiger partial charge in [-0.2, -0.15) is 0 Å². The molecule has 0 fully saturated rings. The summed E-state index contributed by atoms with van der Waals surface area (Å²) in [7, 11) is 0. The zero-order valence-corrected chi connectivity index (χ0v) is 15.3. The Morgan fingerprint density at radius 3 is 2.39 bits per heavy atom. The molecule has 0 unspecified atom stereocenters. The van der Waals surface area contributed by atoms with Crippen molar-refractivity contribution < 1.29 is 18.3 Å². The van der Waals surface area contributed by atoms with Crippen LogP contribution in [0.15, 0.2) is 48.5 Å². The van der Waals surface area contributed by atoms with Gasteiger partial charge in [0.1, 0.15) is 28.8 Å². The highest BCUT2D eigenvalue weighted by atomic mass is 19.1. The molecule has 0 aliphatic heterocycles. The number of benzene rings is 2. The zero-order chi connectivity index (χ0) is 20.1. The first kappa shape index (κ1) is 19.2. The number of carbonyl (C=O) groups excluding carboxylic acids is 1. The third-order valence-corrected chi connectivity index (χ3v) is 3.71. The van der Waals surface area contributed by atoms with Crippen LogP contribution in [0.1, 0.15) is 23.1 Å². The molecule has 28 heavy (non-hydrogen) atoms. The first-order valence-corrected chi connectivity index (χ1v) is 8.57. The zero-order valence-electron chi connectivity index (χ0n) is 15.3. The predicted octanol–water partition coefficient (Wildman–Crippen LogP) is 4.46. The Morgan fingerprint density at radius 2 is 1.75 bits per heavy atom. The largest absolute Gasteiger partial charge is 0.494 e. The van der Waals surface area contributed by atoms with Crippen molar-refractivity contribution >= 4 is 23.2 Å². The molecule has 0 atom stereocenters. The molecule has 6 nitrogen and oxygen atoms in total. The van der Waals surface area contributed by atoms with Gasteiger partial charge in [0.15, 0.2) is 0 Å². The average Bonchev–Trinajstić information content (AvgIpc) is 2.66. The number of anilines is 3. The smallest absolute Gasteiger partial charge is 0.274 e. The van der Waals surface area contributed by atoms with Crippen LogP contribution in [0.4, 0.5) is 26.1 Å². The summed E-state index contributed by atoms with van der Waals surface area (Å²) < 4.78 is 32.9. The van der Waals surface area contributed by atoms with Crippen molar-refractivity contribution in [2.75, 3.05) is 17.2 Å². The topological polar surface area (TPSA) is 76.1 Å². The Balaban J connectivity index is 1.80. The van der Waals surface area contributed by atoms with E-state index in [9.17, 15) is 13.6 Å². The minimum atomic E-state index is -0.869. The standard InChI is InChI=1S/C20H18F2N4O2/c1-3-28-14-9-7-13(8-10-14)24-20-23-12(2)11-17(25-20)19(27)26-18-15(21)5-4-6-16(18)22/h4-11H,3H2,1-2H3,(H,26,27)(H,23,24,25). The van der Waals surface area contributed by atoms with Crippen LogP contribution in [-0.4, -0.2) is 22.5 Å². The lowest BCUT2D eigenvalue weighted by atomic mass is 10.2. The van der Waals surface area contributed by atoms with E-state index in [2.05, 4.69) is 20.6 Å². The van der Waals surface area contributed by atoms with Crippen molar-refractivity contribution in [3.8, 4) is 5.75 Å². The van der Waals surface area contributed by atoms with Crippen molar-refractivity contribution in [1.29, 1.82) is 0 Å². The molecular formula is C20H18F2N4O2. The van der Waals surface area contributed by atoms with Gasteiger partial charge in [-0.25, -0.2) is 18.7 Å². The van der Waals surface area contributed by atoms with Crippen molar-refractivity contribution in [2.24, 2.45) is 0 Å². The molecular weight excluding hydrogens is 366 g/mol. The molecule has 3 rings (SSSR count). The lowest BCUT2D eigenvalue weighted by molar-refractivity contribution is 0.102. The van der Waals surface area contributed by atoms with E-state index in [4.69, 9.17) is 4.74 Å². The summed E-state index contributed by atoms with van der Waals surface area (Å²) in [6.07, 6.45) is 0. The third kappa shape index (κ3) is 4.59. The van der Waals surface area contributed by atoms with Crippen LogP contribution < -0.4 is 15.4 Å². The number of para-hydroxylation sites is 1. The molecule has 8 heteroatoms. The van der Waals surface area contributed by atoms with Crippen LogP contribution in [0.5, 0.6) is 5.75 Å². The first-order chi connectivity index (χ1) is 13.5. The lowest BCUT2D eigenvalue weighted by Crippen LogP contribution is -2.17. The van der Waals surface area contributed by atoms with E-state index in [0.29, 0.717) is 18.0 Å². The second-order valence-electron chi connectivity index (χ2n) is 5.85. The fourth-order valence-electron chi connectivity index (χ4n) is 2.47. The molecule has 0 bridgehead atoms. The van der Waals surface area contributed by atoms with Crippen LogP contribution >= 0.6 is 0 Å². The number of hydrogen-bond donors (Lipinski definition) is 2. The Labute approximate surface area is 160 Å². The number of ether oxygens (including phenoxy) is 1. The third-order valence-electron chi connectivity index (χ3n) is 3.71. The number of aromatic nitrogens is 2. The summed E-state index contributed by atoms with van der Waals surface area (Å²) in [5.74, 6) is -1.57. The van der Waals surface area contributed by atoms with E-state index in [-0.39, 0.29) is 11.6 Å². The van der Waals surface area contributed by atoms with Gasteiger partial charge in [0.2, 0.25) is 5.95 Å². The monoisotopic (exact) mass is 384 g/mol. The molecule has 0 spiro atoms. The second-order valence-corrected chi connectivity index (χ2v) is 5.85. The number of rotatable bonds is 6. The molecule has 0 aliphatic carbocycles. The van der Waals surface area contributed by atoms with Gasteiger partial charge in [-0.1, -0.05) is 6.07 Å². The number of amides is 1. The van der Waals surface area contributed by atoms with E-state index in [1.54, 1.807) is 31.2 Å². The van der Waals surface area contributed by atoms with E-state index in [1.807, 2.05) is 6.92 Å². The molecule has 1 amide bonds. The maximum absolute atomic E-state index is 13.8. The highest BCUT2D eigenvalue weighted by Crippen LogP contribution is 2.21. The highest BCUT2D eigenvalue weighted by Gasteiger charge is 2.16. The average molecular weight is 384 g/mol. The van der Waals surface area contributed by atoms with Gasteiger partial charge >= 0.3 is 0 Å². The quantitative estimate of drug-likeness (QED) is 0.656. The molecule has 2 aromatic carbocycles. The fourth-order valence-corrected chi connectivity index (χ4v) is 2.47. The molecule has 0 aliphatic rings. The molecule has 144 valence electrons. The Kier molecular flexibility index (Phi) is 5.78. The van der Waals surface area contributed by atoms with Gasteiger partial charge in [0.25, 0.3) is 5.91 Å². The predicted molar refractivity (Wildman–Crippen MR) is 102 cm³/mol. The molecule has 2 N–H and O–H groups in total. The van der Waals surface area contributed by atoms with Crippen LogP contribution in [-0.2, 0) is 0 Å². The molecule has 0 saturated carbocycles. The van der Waals surface area contributed by atoms with Crippen LogP contribution in [0, 0.1) is 18.6 Å². The summed E-state index contributed by atoms with van der Waals surface area (Å²) in [4.78, 5) is 20.8. The number of nitrogens with one attached hydrogen (secondary N) is 2. The highest BCUT2D eigenvalue weighted by molar-refractivity contribution is 6.03. The minimum absolute atomic E-state index is 0.0245. The van der Waals surface area contributed by atoms with Gasteiger partial charge in [-0.3, -0.25) is 4.79 Å². The van der Waals surface area contributed by atoms with Crippen LogP contribution in [0.25, 0.3) is 0 Å². The molecule has 0 radical (unpaired) electrons. The van der Waals surface area contributed by atoms with Gasteiger partial charge < -0.3 is 15.4 Å². The van der Waals surface area contributed by atoms with Crippen LogP contribution in [0.2, 0.25) is 0 Å². The van der Waals surface area contributed by atoms with E-state index < -0.39 is 23.2 Å². The Morgan fingerprint density at radius 1 is 1.07 bits per heavy atom. The lowest BCUT2D eigenvalue weighted by Gasteiger charge is -2.10. The molecule has 1 aromatic heterocycles. The molecule has 1 heterocycles. The van der Waals surface area contributed by atoms with Gasteiger partial charge in [-0.15, -0.1) is 0 Å². The fraction of sp³-hybridized carbons (Fsp3) is 0.150. The SMILES string of the molecule is CCOc1ccc(Nc2nc(C)cc(C(=O)Nc3c(F)cccc3F)n2)cc1. The first-order valence-electron chi connectivity index (χ1n) is 8.57. The van der Waals surface area contributed by atoms with Crippen LogP contribution in [0.3, 0.4) is 0 Å². The number of hydrogen-bond acceptors (Lipinski definition) is 5. The van der Waals surface area contributed by atoms with Gasteiger partial charge in [-0.05, 0) is 56.3 Å². The maximum atomic E-state index is 13.8. The van der Waals surface area contributed by atoms with Crippen molar-refractivity contribution in [3.05, 3.63) is 71.6 Å².